The van der Waals surface area contributed by atoms with Crippen LogP contribution in [-0.4, -0.2) is 37.9 Å². The van der Waals surface area contributed by atoms with Gasteiger partial charge in [-0.3, -0.25) is 4.98 Å². The van der Waals surface area contributed by atoms with Gasteiger partial charge in [-0.05, 0) is 61.6 Å². The number of nitrogens with zero attached hydrogens (tertiary/aromatic N) is 3. The van der Waals surface area contributed by atoms with Gasteiger partial charge in [-0.2, -0.15) is 5.26 Å². The molecule has 0 saturated heterocycles. The summed E-state index contributed by atoms with van der Waals surface area (Å²) in [5.41, 5.74) is 5.31. The molecule has 0 bridgehead atoms. The number of fused-ring (bicyclic) bond motifs is 2. The van der Waals surface area contributed by atoms with Gasteiger partial charge >= 0.3 is 6.03 Å². The van der Waals surface area contributed by atoms with Crippen molar-refractivity contribution in [1.82, 2.24) is 14.6 Å². The van der Waals surface area contributed by atoms with Crippen molar-refractivity contribution in [3.05, 3.63) is 63.8 Å². The Bertz CT molecular complexity index is 1440. The van der Waals surface area contributed by atoms with Crippen LogP contribution in [0.15, 0.2) is 40.9 Å². The third-order valence-electron chi connectivity index (χ3n) is 6.28. The maximum atomic E-state index is 13.0. The predicted molar refractivity (Wildman–Crippen MR) is 130 cm³/mol. The van der Waals surface area contributed by atoms with Crippen LogP contribution in [0, 0.1) is 11.3 Å². The van der Waals surface area contributed by atoms with Crippen molar-refractivity contribution < 1.29 is 13.2 Å². The second kappa shape index (κ2) is 8.83. The van der Waals surface area contributed by atoms with E-state index in [0.29, 0.717) is 28.9 Å². The zero-order valence-electron chi connectivity index (χ0n) is 18.6. The van der Waals surface area contributed by atoms with Crippen LogP contribution < -0.4 is 10.0 Å². The predicted octanol–water partition coefficient (Wildman–Crippen LogP) is 3.67. The molecule has 0 atom stereocenters. The molecule has 8 nitrogen and oxygen atoms in total. The van der Waals surface area contributed by atoms with Gasteiger partial charge in [-0.15, -0.1) is 11.3 Å². The molecule has 5 rings (SSSR count). The quantitative estimate of drug-likeness (QED) is 0.573. The molecule has 2 N–H and O–H groups in total. The van der Waals surface area contributed by atoms with Gasteiger partial charge in [0.2, 0.25) is 0 Å². The lowest BCUT2D eigenvalue weighted by Gasteiger charge is -2.21. The number of anilines is 1. The average Bonchev–Trinajstić information content (AvgIpc) is 3.46. The molecule has 0 saturated carbocycles. The number of carbonyl (C=O) groups excluding carboxylic acids is 1. The van der Waals surface area contributed by atoms with Crippen LogP contribution in [-0.2, 0) is 35.8 Å². The minimum absolute atomic E-state index is 0.141. The van der Waals surface area contributed by atoms with Crippen molar-refractivity contribution in [2.45, 2.75) is 36.4 Å². The Morgan fingerprint density at radius 1 is 1.18 bits per heavy atom. The van der Waals surface area contributed by atoms with E-state index in [4.69, 9.17) is 0 Å². The molecule has 0 radical (unpaired) electrons. The highest BCUT2D eigenvalue weighted by Crippen LogP contribution is 2.38. The summed E-state index contributed by atoms with van der Waals surface area (Å²) in [4.78, 5) is 20.1. The van der Waals surface area contributed by atoms with E-state index in [0.717, 1.165) is 53.8 Å². The van der Waals surface area contributed by atoms with E-state index >= 15 is 0 Å². The molecule has 2 aliphatic rings. The number of likely N-dealkylation sites (N-methyl/N-ethyl adjacent to an activating group) is 1. The Labute approximate surface area is 202 Å². The second-order valence-corrected chi connectivity index (χ2v) is 11.6. The van der Waals surface area contributed by atoms with Gasteiger partial charge in [-0.25, -0.2) is 17.9 Å². The van der Waals surface area contributed by atoms with E-state index in [9.17, 15) is 18.5 Å². The van der Waals surface area contributed by atoms with Gasteiger partial charge in [0.1, 0.15) is 10.3 Å². The molecule has 2 amide bonds. The fraction of sp³-hybridized carbons (Fsp3) is 0.292. The number of aryl methyl sites for hydroxylation is 1. The Balaban J connectivity index is 1.45. The molecule has 3 heterocycles. The number of urea groups is 1. The molecular formula is C24H23N5O3S2. The van der Waals surface area contributed by atoms with E-state index in [-0.39, 0.29) is 4.21 Å². The van der Waals surface area contributed by atoms with Crippen molar-refractivity contribution in [2.24, 2.45) is 0 Å². The summed E-state index contributed by atoms with van der Waals surface area (Å²) < 4.78 is 28.3. The topological polar surface area (TPSA) is 115 Å². The highest BCUT2D eigenvalue weighted by atomic mass is 32.2. The molecule has 0 unspecified atom stereocenters. The van der Waals surface area contributed by atoms with Gasteiger partial charge < -0.3 is 10.2 Å². The molecule has 0 fully saturated rings. The smallest absolute Gasteiger partial charge is 0.306 e. The summed E-state index contributed by atoms with van der Waals surface area (Å²) in [6.45, 7) is 1.57. The second-order valence-electron chi connectivity index (χ2n) is 8.57. The van der Waals surface area contributed by atoms with E-state index in [2.05, 4.69) is 26.0 Å². The van der Waals surface area contributed by atoms with Gasteiger partial charge in [0, 0.05) is 41.5 Å². The van der Waals surface area contributed by atoms with E-state index in [1.807, 2.05) is 19.2 Å². The largest absolute Gasteiger partial charge is 0.333 e. The first-order chi connectivity index (χ1) is 16.4. The highest BCUT2D eigenvalue weighted by Gasteiger charge is 2.27. The number of sulfonamides is 1. The number of hydrogen-bond acceptors (Lipinski definition) is 7. The van der Waals surface area contributed by atoms with Crippen LogP contribution in [0.3, 0.4) is 0 Å². The maximum Gasteiger partial charge on any atom is 0.333 e. The first-order valence-corrected chi connectivity index (χ1v) is 13.3. The van der Waals surface area contributed by atoms with Crippen LogP contribution in [0.4, 0.5) is 10.5 Å². The molecule has 1 aromatic carbocycles. The summed E-state index contributed by atoms with van der Waals surface area (Å²) in [5.74, 6) is 0. The van der Waals surface area contributed by atoms with Crippen molar-refractivity contribution in [2.75, 3.05) is 18.9 Å². The molecular weight excluding hydrogens is 470 g/mol. The number of hydrogen-bond donors (Lipinski definition) is 2. The first kappa shape index (κ1) is 22.5. The number of thiophene rings is 1. The van der Waals surface area contributed by atoms with Crippen molar-refractivity contribution >= 4 is 33.1 Å². The minimum Gasteiger partial charge on any atom is -0.306 e. The van der Waals surface area contributed by atoms with E-state index < -0.39 is 16.1 Å². The minimum atomic E-state index is -4.02. The monoisotopic (exact) mass is 493 g/mol. The van der Waals surface area contributed by atoms with Crippen LogP contribution in [0.2, 0.25) is 0 Å². The first-order valence-electron chi connectivity index (χ1n) is 11.0. The molecule has 0 spiro atoms. The van der Waals surface area contributed by atoms with E-state index in [1.165, 1.54) is 17.5 Å². The average molecular weight is 494 g/mol. The summed E-state index contributed by atoms with van der Waals surface area (Å²) in [7, 11) is -2.02. The highest BCUT2D eigenvalue weighted by molar-refractivity contribution is 7.92. The van der Waals surface area contributed by atoms with Crippen LogP contribution in [0.25, 0.3) is 11.1 Å². The third kappa shape index (κ3) is 4.18. The SMILES string of the molecule is CN1CCc2sc(S(=O)(=O)NC(=O)Nc3c(-c4ccncc4C#N)ccc4c3CCC4)cc2C1. The number of nitrogens with one attached hydrogen (secondary N) is 2. The van der Waals surface area contributed by atoms with Crippen molar-refractivity contribution in [3.63, 3.8) is 0 Å². The van der Waals surface area contributed by atoms with Crippen molar-refractivity contribution in [1.29, 1.82) is 5.26 Å². The summed E-state index contributed by atoms with van der Waals surface area (Å²) in [6.07, 6.45) is 6.47. The normalized spacial score (nSPS) is 15.3. The van der Waals surface area contributed by atoms with Gasteiger partial charge in [-0.1, -0.05) is 12.1 Å². The third-order valence-corrected chi connectivity index (χ3v) is 9.32. The van der Waals surface area contributed by atoms with Crippen LogP contribution in [0.1, 0.15) is 33.6 Å². The number of rotatable bonds is 4. The number of aromatic nitrogens is 1. The number of pyridine rings is 1. The fourth-order valence-corrected chi connectivity index (χ4v) is 7.09. The maximum absolute atomic E-state index is 13.0. The van der Waals surface area contributed by atoms with E-state index in [1.54, 1.807) is 18.3 Å². The Hall–Kier alpha value is -3.26. The molecule has 1 aliphatic carbocycles. The molecule has 2 aromatic heterocycles. The molecule has 174 valence electrons. The molecule has 34 heavy (non-hydrogen) atoms. The Morgan fingerprint density at radius 3 is 2.85 bits per heavy atom. The molecule has 3 aromatic rings. The zero-order chi connectivity index (χ0) is 23.9. The van der Waals surface area contributed by atoms with Gasteiger partial charge in [0.05, 0.1) is 11.3 Å². The Kier molecular flexibility index (Phi) is 5.85. The summed E-state index contributed by atoms with van der Waals surface area (Å²) in [6, 6.07) is 8.58. The number of benzene rings is 1. The molecule has 1 aliphatic heterocycles. The van der Waals surface area contributed by atoms with Gasteiger partial charge in [0.25, 0.3) is 10.0 Å². The number of nitriles is 1. The van der Waals surface area contributed by atoms with Crippen molar-refractivity contribution in [3.8, 4) is 17.2 Å². The number of amides is 2. The lowest BCUT2D eigenvalue weighted by atomic mass is 9.95. The molecule has 10 heteroatoms. The summed E-state index contributed by atoms with van der Waals surface area (Å²) >= 11 is 1.22. The van der Waals surface area contributed by atoms with Crippen LogP contribution >= 0.6 is 11.3 Å². The number of carbonyl (C=O) groups is 1. The lowest BCUT2D eigenvalue weighted by Crippen LogP contribution is -2.34. The van der Waals surface area contributed by atoms with Gasteiger partial charge in [0.15, 0.2) is 0 Å². The Morgan fingerprint density at radius 2 is 2.03 bits per heavy atom. The standard InChI is InChI=1S/C24H23N5O3S2/c1-29-10-8-21-16(14-29)11-22(33-21)34(31,32)28-24(30)27-23-19-4-2-3-15(19)5-6-20(23)18-7-9-26-13-17(18)12-25/h5-7,9,11,13H,2-4,8,10,14H2,1H3,(H2,27,28,30). The fourth-order valence-electron chi connectivity index (χ4n) is 4.64. The summed E-state index contributed by atoms with van der Waals surface area (Å²) in [5, 5.41) is 12.3. The van der Waals surface area contributed by atoms with Crippen LogP contribution in [0.5, 0.6) is 0 Å². The lowest BCUT2D eigenvalue weighted by molar-refractivity contribution is 0.256. The zero-order valence-corrected chi connectivity index (χ0v) is 20.2.